The first-order valence-corrected chi connectivity index (χ1v) is 8.92. The Hall–Kier alpha value is -2.79. The maximum Gasteiger partial charge on any atom is 0.270 e. The smallest absolute Gasteiger partial charge is 0.270 e. The minimum absolute atomic E-state index is 0.118. The fourth-order valence-corrected chi connectivity index (χ4v) is 3.54. The molecule has 5 heteroatoms. The van der Waals surface area contributed by atoms with E-state index in [1.165, 1.54) is 5.56 Å². The van der Waals surface area contributed by atoms with Gasteiger partial charge in [-0.05, 0) is 29.7 Å². The van der Waals surface area contributed by atoms with Crippen LogP contribution >= 0.6 is 0 Å². The molecule has 1 aliphatic rings. The van der Waals surface area contributed by atoms with Gasteiger partial charge in [-0.15, -0.1) is 0 Å². The number of hydrogen-bond donors (Lipinski definition) is 1. The number of hydrogen-bond acceptors (Lipinski definition) is 3. The molecule has 0 saturated carbocycles. The summed E-state index contributed by atoms with van der Waals surface area (Å²) in [6.45, 7) is 3.14. The predicted octanol–water partition coefficient (Wildman–Crippen LogP) is 2.79. The third kappa shape index (κ3) is 3.44. The van der Waals surface area contributed by atoms with Gasteiger partial charge in [0, 0.05) is 25.2 Å². The highest BCUT2D eigenvalue weighted by molar-refractivity contribution is 5.28. The van der Waals surface area contributed by atoms with Gasteiger partial charge in [0.1, 0.15) is 5.75 Å². The monoisotopic (exact) mass is 349 g/mol. The molecule has 26 heavy (non-hydrogen) atoms. The molecule has 2 aromatic carbocycles. The lowest BCUT2D eigenvalue weighted by Gasteiger charge is -2.26. The molecular formula is C21H23N3O2. The summed E-state index contributed by atoms with van der Waals surface area (Å²) in [6.07, 6.45) is 0.794. The average molecular weight is 349 g/mol. The third-order valence-electron chi connectivity index (χ3n) is 4.95. The van der Waals surface area contributed by atoms with Gasteiger partial charge in [-0.2, -0.15) is 0 Å². The van der Waals surface area contributed by atoms with Crippen LogP contribution in [0.4, 0.5) is 0 Å². The number of aromatic amines is 1. The maximum absolute atomic E-state index is 12.7. The van der Waals surface area contributed by atoms with E-state index < -0.39 is 0 Å². The van der Waals surface area contributed by atoms with Crippen molar-refractivity contribution in [2.45, 2.75) is 26.1 Å². The topological polar surface area (TPSA) is 50.3 Å². The molecule has 3 aromatic rings. The molecule has 4 rings (SSSR count). The van der Waals surface area contributed by atoms with Crippen LogP contribution in [0.25, 0.3) is 0 Å². The van der Waals surface area contributed by atoms with Crippen molar-refractivity contribution in [1.29, 1.82) is 0 Å². The van der Waals surface area contributed by atoms with Crippen molar-refractivity contribution in [3.63, 3.8) is 0 Å². The number of methoxy groups -OCH3 is 1. The Morgan fingerprint density at radius 3 is 2.46 bits per heavy atom. The van der Waals surface area contributed by atoms with Crippen LogP contribution in [0.2, 0.25) is 0 Å². The fraction of sp³-hybridized carbons (Fsp3) is 0.286. The average Bonchev–Trinajstić information content (AvgIpc) is 2.98. The number of rotatable bonds is 5. The van der Waals surface area contributed by atoms with Gasteiger partial charge in [-0.3, -0.25) is 14.8 Å². The molecule has 0 unspecified atom stereocenters. The summed E-state index contributed by atoms with van der Waals surface area (Å²) in [7, 11) is 1.68. The number of ether oxygens (including phenoxy) is 1. The zero-order valence-electron chi connectivity index (χ0n) is 14.9. The van der Waals surface area contributed by atoms with Crippen molar-refractivity contribution in [3.8, 4) is 5.75 Å². The van der Waals surface area contributed by atoms with E-state index >= 15 is 0 Å². The molecule has 0 bridgehead atoms. The number of nitrogens with zero attached hydrogens (tertiary/aromatic N) is 2. The predicted molar refractivity (Wildman–Crippen MR) is 101 cm³/mol. The first-order valence-electron chi connectivity index (χ1n) is 8.92. The van der Waals surface area contributed by atoms with E-state index in [4.69, 9.17) is 4.74 Å². The summed E-state index contributed by atoms with van der Waals surface area (Å²) < 4.78 is 6.95. The second-order valence-corrected chi connectivity index (χ2v) is 6.75. The van der Waals surface area contributed by atoms with Crippen molar-refractivity contribution in [1.82, 2.24) is 14.7 Å². The van der Waals surface area contributed by atoms with Crippen LogP contribution in [0.15, 0.2) is 59.4 Å². The normalized spacial score (nSPS) is 14.2. The molecule has 134 valence electrons. The van der Waals surface area contributed by atoms with Gasteiger partial charge in [0.05, 0.1) is 19.3 Å². The Labute approximate surface area is 152 Å². The van der Waals surface area contributed by atoms with Crippen molar-refractivity contribution in [2.75, 3.05) is 13.7 Å². The minimum atomic E-state index is 0.118. The lowest BCUT2D eigenvalue weighted by molar-refractivity contribution is 0.242. The number of fused-ring (bicyclic) bond motifs is 1. The Kier molecular flexibility index (Phi) is 4.63. The Morgan fingerprint density at radius 2 is 1.73 bits per heavy atom. The number of H-pyrrole nitrogens is 1. The maximum atomic E-state index is 12.7. The van der Waals surface area contributed by atoms with Crippen molar-refractivity contribution in [2.24, 2.45) is 0 Å². The lowest BCUT2D eigenvalue weighted by atomic mass is 10.1. The first kappa shape index (κ1) is 16.7. The van der Waals surface area contributed by atoms with Gasteiger partial charge in [0.15, 0.2) is 0 Å². The van der Waals surface area contributed by atoms with E-state index in [0.29, 0.717) is 6.54 Å². The zero-order chi connectivity index (χ0) is 17.9. The largest absolute Gasteiger partial charge is 0.497 e. The third-order valence-corrected chi connectivity index (χ3v) is 4.95. The molecular weight excluding hydrogens is 326 g/mol. The van der Waals surface area contributed by atoms with E-state index in [2.05, 4.69) is 22.1 Å². The van der Waals surface area contributed by atoms with Crippen LogP contribution < -0.4 is 10.3 Å². The lowest BCUT2D eigenvalue weighted by Crippen LogP contribution is -2.31. The van der Waals surface area contributed by atoms with Crippen LogP contribution in [0.3, 0.4) is 0 Å². The highest BCUT2D eigenvalue weighted by Crippen LogP contribution is 2.19. The van der Waals surface area contributed by atoms with Crippen molar-refractivity contribution in [3.05, 3.63) is 87.3 Å². The number of aromatic nitrogens is 2. The second-order valence-electron chi connectivity index (χ2n) is 6.75. The first-order chi connectivity index (χ1) is 12.7. The standard InChI is InChI=1S/C21H23N3O2/c1-26-18-9-7-17(8-10-18)13-23-12-11-19-20(15-23)22-24(21(19)25)14-16-5-3-2-4-6-16/h2-10,22H,11-15H2,1H3. The second kappa shape index (κ2) is 7.22. The van der Waals surface area contributed by atoms with Gasteiger partial charge in [-0.25, -0.2) is 4.68 Å². The van der Waals surface area contributed by atoms with E-state index in [-0.39, 0.29) is 5.56 Å². The highest BCUT2D eigenvalue weighted by Gasteiger charge is 2.22. The Balaban J connectivity index is 1.48. The molecule has 0 atom stereocenters. The molecule has 1 N–H and O–H groups in total. The van der Waals surface area contributed by atoms with Crippen molar-refractivity contribution >= 4 is 0 Å². The van der Waals surface area contributed by atoms with E-state index in [1.54, 1.807) is 11.8 Å². The van der Waals surface area contributed by atoms with Crippen LogP contribution in [0.5, 0.6) is 5.75 Å². The highest BCUT2D eigenvalue weighted by atomic mass is 16.5. The molecule has 0 aliphatic carbocycles. The van der Waals surface area contributed by atoms with Crippen LogP contribution in [0, 0.1) is 0 Å². The summed E-state index contributed by atoms with van der Waals surface area (Å²) in [5.41, 5.74) is 4.48. The molecule has 0 saturated heterocycles. The number of nitrogens with one attached hydrogen (secondary N) is 1. The van der Waals surface area contributed by atoms with E-state index in [1.807, 2.05) is 42.5 Å². The zero-order valence-corrected chi connectivity index (χ0v) is 14.9. The summed E-state index contributed by atoms with van der Waals surface area (Å²) in [5, 5.41) is 3.33. The molecule has 1 aliphatic heterocycles. The Morgan fingerprint density at radius 1 is 1.00 bits per heavy atom. The van der Waals surface area contributed by atoms with E-state index in [9.17, 15) is 4.79 Å². The van der Waals surface area contributed by atoms with Crippen LogP contribution in [-0.2, 0) is 26.1 Å². The molecule has 0 fully saturated rings. The van der Waals surface area contributed by atoms with Crippen molar-refractivity contribution < 1.29 is 4.74 Å². The molecule has 5 nitrogen and oxygen atoms in total. The van der Waals surface area contributed by atoms with Gasteiger partial charge in [-0.1, -0.05) is 42.5 Å². The summed E-state index contributed by atoms with van der Waals surface area (Å²) in [5.74, 6) is 0.872. The molecule has 2 heterocycles. The molecule has 0 amide bonds. The van der Waals surface area contributed by atoms with Crippen LogP contribution in [0.1, 0.15) is 22.4 Å². The van der Waals surface area contributed by atoms with Gasteiger partial charge < -0.3 is 4.74 Å². The molecule has 1 aromatic heterocycles. The molecule has 0 spiro atoms. The Bertz CT molecular complexity index is 926. The fourth-order valence-electron chi connectivity index (χ4n) is 3.54. The quantitative estimate of drug-likeness (QED) is 0.771. The summed E-state index contributed by atoms with van der Waals surface area (Å²) in [6, 6.07) is 18.2. The number of benzene rings is 2. The minimum Gasteiger partial charge on any atom is -0.497 e. The van der Waals surface area contributed by atoms with Gasteiger partial charge in [0.25, 0.3) is 5.56 Å². The summed E-state index contributed by atoms with van der Waals surface area (Å²) in [4.78, 5) is 15.0. The SMILES string of the molecule is COc1ccc(CN2CCc3c([nH]n(Cc4ccccc4)c3=O)C2)cc1. The van der Waals surface area contributed by atoms with Gasteiger partial charge >= 0.3 is 0 Å². The van der Waals surface area contributed by atoms with Crippen LogP contribution in [-0.4, -0.2) is 28.3 Å². The van der Waals surface area contributed by atoms with E-state index in [0.717, 1.165) is 48.6 Å². The van der Waals surface area contributed by atoms with Gasteiger partial charge in [0.2, 0.25) is 0 Å². The molecule has 0 radical (unpaired) electrons. The summed E-state index contributed by atoms with van der Waals surface area (Å²) >= 11 is 0.